The summed E-state index contributed by atoms with van der Waals surface area (Å²) in [6.07, 6.45) is 0.167. The standard InChI is InChI=1S/C9H17NO3Si/c1-3-14-11-6-4-10(5-7-12-14)8-9(2)13-14/h3,9H,1,4-8H2,2H3. The maximum Gasteiger partial charge on any atom is 0.529 e. The Morgan fingerprint density at radius 2 is 2.00 bits per heavy atom. The van der Waals surface area contributed by atoms with Crippen molar-refractivity contribution in [3.05, 3.63) is 12.3 Å². The van der Waals surface area contributed by atoms with Crippen molar-refractivity contribution in [3.63, 3.8) is 0 Å². The molecule has 5 heteroatoms. The van der Waals surface area contributed by atoms with Gasteiger partial charge in [0.15, 0.2) is 0 Å². The Labute approximate surface area is 85.8 Å². The molecule has 0 saturated carbocycles. The molecule has 1 atom stereocenters. The van der Waals surface area contributed by atoms with Gasteiger partial charge in [-0.25, -0.2) is 0 Å². The highest BCUT2D eigenvalue weighted by Gasteiger charge is 2.42. The van der Waals surface area contributed by atoms with E-state index in [0.29, 0.717) is 13.2 Å². The minimum atomic E-state index is -2.53. The molecule has 3 heterocycles. The van der Waals surface area contributed by atoms with Crippen LogP contribution in [0.1, 0.15) is 6.92 Å². The molecule has 1 unspecified atom stereocenters. The Kier molecular flexibility index (Phi) is 3.04. The number of hydrogen-bond acceptors (Lipinski definition) is 4. The zero-order valence-corrected chi connectivity index (χ0v) is 9.57. The summed E-state index contributed by atoms with van der Waals surface area (Å²) < 4.78 is 17.2. The normalized spacial score (nSPS) is 43.8. The van der Waals surface area contributed by atoms with Gasteiger partial charge in [0.05, 0.1) is 19.3 Å². The number of rotatable bonds is 1. The first-order valence-corrected chi connectivity index (χ1v) is 6.86. The van der Waals surface area contributed by atoms with E-state index in [2.05, 4.69) is 18.4 Å². The summed E-state index contributed by atoms with van der Waals surface area (Å²) in [6.45, 7) is 10.1. The molecule has 0 aromatic carbocycles. The second-order valence-electron chi connectivity index (χ2n) is 3.73. The van der Waals surface area contributed by atoms with Crippen molar-refractivity contribution in [2.24, 2.45) is 0 Å². The van der Waals surface area contributed by atoms with Crippen LogP contribution in [0.4, 0.5) is 0 Å². The molecule has 3 fully saturated rings. The molecule has 0 N–H and O–H groups in total. The van der Waals surface area contributed by atoms with Crippen LogP contribution in [0.25, 0.3) is 0 Å². The van der Waals surface area contributed by atoms with E-state index in [0.717, 1.165) is 19.6 Å². The van der Waals surface area contributed by atoms with Crippen LogP contribution in [0.5, 0.6) is 0 Å². The molecule has 0 spiro atoms. The highest BCUT2D eigenvalue weighted by molar-refractivity contribution is 6.66. The molecule has 3 aliphatic heterocycles. The van der Waals surface area contributed by atoms with Gasteiger partial charge in [-0.3, -0.25) is 4.90 Å². The van der Waals surface area contributed by atoms with Gasteiger partial charge in [0.25, 0.3) is 0 Å². The smallest absolute Gasteiger partial charge is 0.369 e. The molecule has 80 valence electrons. The minimum Gasteiger partial charge on any atom is -0.369 e. The lowest BCUT2D eigenvalue weighted by Gasteiger charge is -2.39. The number of hydrogen-bond donors (Lipinski definition) is 0. The summed E-state index contributed by atoms with van der Waals surface area (Å²) in [4.78, 5) is 2.31. The van der Waals surface area contributed by atoms with Crippen LogP contribution in [-0.4, -0.2) is 52.7 Å². The Balaban J connectivity index is 2.17. The van der Waals surface area contributed by atoms with Crippen LogP contribution in [0, 0.1) is 0 Å². The third-order valence-electron chi connectivity index (χ3n) is 2.55. The Morgan fingerprint density at radius 1 is 1.36 bits per heavy atom. The Hall–Kier alpha value is -0.203. The first-order valence-electron chi connectivity index (χ1n) is 5.06. The first kappa shape index (κ1) is 10.3. The van der Waals surface area contributed by atoms with Crippen molar-refractivity contribution >= 4 is 8.80 Å². The van der Waals surface area contributed by atoms with Crippen LogP contribution >= 0.6 is 0 Å². The van der Waals surface area contributed by atoms with Gasteiger partial charge in [-0.2, -0.15) is 0 Å². The lowest BCUT2D eigenvalue weighted by Crippen LogP contribution is -2.56. The average molecular weight is 215 g/mol. The molecule has 0 radical (unpaired) electrons. The third-order valence-corrected chi connectivity index (χ3v) is 5.00. The van der Waals surface area contributed by atoms with Crippen molar-refractivity contribution in [3.8, 4) is 0 Å². The largest absolute Gasteiger partial charge is 0.529 e. The first-order chi connectivity index (χ1) is 6.74. The summed E-state index contributed by atoms with van der Waals surface area (Å²) in [7, 11) is -2.53. The van der Waals surface area contributed by atoms with Gasteiger partial charge in [-0.15, -0.1) is 0 Å². The van der Waals surface area contributed by atoms with Crippen LogP contribution < -0.4 is 0 Å². The molecule has 0 aromatic heterocycles. The summed E-state index contributed by atoms with van der Waals surface area (Å²) in [5.74, 6) is 0. The Morgan fingerprint density at radius 3 is 2.57 bits per heavy atom. The molecule has 0 aliphatic carbocycles. The molecule has 14 heavy (non-hydrogen) atoms. The Bertz CT molecular complexity index is 214. The third kappa shape index (κ3) is 2.07. The highest BCUT2D eigenvalue weighted by atomic mass is 28.4. The van der Waals surface area contributed by atoms with E-state index >= 15 is 0 Å². The van der Waals surface area contributed by atoms with E-state index in [1.54, 1.807) is 5.70 Å². The average Bonchev–Trinajstić information content (AvgIpc) is 2.08. The van der Waals surface area contributed by atoms with E-state index in [4.69, 9.17) is 13.3 Å². The molecule has 3 aliphatic rings. The van der Waals surface area contributed by atoms with E-state index in [1.165, 1.54) is 0 Å². The van der Waals surface area contributed by atoms with Gasteiger partial charge < -0.3 is 13.3 Å². The van der Waals surface area contributed by atoms with Crippen molar-refractivity contribution in [2.45, 2.75) is 13.0 Å². The predicted octanol–water partition coefficient (Wildman–Crippen LogP) is 0.418. The fourth-order valence-electron chi connectivity index (χ4n) is 1.89. The van der Waals surface area contributed by atoms with Crippen molar-refractivity contribution in [1.29, 1.82) is 0 Å². The highest BCUT2D eigenvalue weighted by Crippen LogP contribution is 2.19. The van der Waals surface area contributed by atoms with Crippen LogP contribution in [0.3, 0.4) is 0 Å². The molecule has 4 nitrogen and oxygen atoms in total. The molecule has 0 amide bonds. The van der Waals surface area contributed by atoms with Gasteiger partial charge >= 0.3 is 8.80 Å². The number of nitrogens with zero attached hydrogens (tertiary/aromatic N) is 1. The van der Waals surface area contributed by atoms with Gasteiger partial charge in [0, 0.05) is 19.6 Å². The SMILES string of the molecule is C=C[Si]12OCCN(CCO1)CC(C)O2. The summed E-state index contributed by atoms with van der Waals surface area (Å²) in [5, 5.41) is 0. The fourth-order valence-corrected chi connectivity index (χ4v) is 3.82. The summed E-state index contributed by atoms with van der Waals surface area (Å²) in [6, 6.07) is 0. The van der Waals surface area contributed by atoms with E-state index in [-0.39, 0.29) is 6.10 Å². The monoisotopic (exact) mass is 215 g/mol. The fraction of sp³-hybridized carbons (Fsp3) is 0.778. The molecule has 2 bridgehead atoms. The van der Waals surface area contributed by atoms with Gasteiger partial charge in [-0.05, 0) is 12.6 Å². The zero-order chi connectivity index (χ0) is 10.0. The van der Waals surface area contributed by atoms with Crippen LogP contribution in [0.2, 0.25) is 0 Å². The maximum atomic E-state index is 5.83. The topological polar surface area (TPSA) is 30.9 Å². The second-order valence-corrected chi connectivity index (χ2v) is 6.16. The predicted molar refractivity (Wildman–Crippen MR) is 54.8 cm³/mol. The van der Waals surface area contributed by atoms with Crippen LogP contribution in [0.15, 0.2) is 12.3 Å². The van der Waals surface area contributed by atoms with Gasteiger partial charge in [0.1, 0.15) is 0 Å². The van der Waals surface area contributed by atoms with E-state index in [9.17, 15) is 0 Å². The van der Waals surface area contributed by atoms with Crippen molar-refractivity contribution in [1.82, 2.24) is 4.90 Å². The molecular formula is C9H17NO3Si. The molecule has 3 saturated heterocycles. The minimum absolute atomic E-state index is 0.167. The second kappa shape index (κ2) is 4.12. The summed E-state index contributed by atoms with van der Waals surface area (Å²) >= 11 is 0. The van der Waals surface area contributed by atoms with E-state index < -0.39 is 8.80 Å². The van der Waals surface area contributed by atoms with Crippen molar-refractivity contribution in [2.75, 3.05) is 32.8 Å². The van der Waals surface area contributed by atoms with Crippen LogP contribution in [-0.2, 0) is 13.3 Å². The molecule has 3 rings (SSSR count). The zero-order valence-electron chi connectivity index (χ0n) is 8.57. The lowest BCUT2D eigenvalue weighted by molar-refractivity contribution is -0.0276. The quantitative estimate of drug-likeness (QED) is 0.593. The number of fused-ring (bicyclic) bond motifs is 6. The van der Waals surface area contributed by atoms with Gasteiger partial charge in [0.2, 0.25) is 0 Å². The summed E-state index contributed by atoms with van der Waals surface area (Å²) in [5.41, 5.74) is 1.74. The molecule has 0 aromatic rings. The lowest BCUT2D eigenvalue weighted by atomic mass is 10.3. The maximum absolute atomic E-state index is 5.83. The van der Waals surface area contributed by atoms with Crippen molar-refractivity contribution < 1.29 is 13.3 Å². The molecular weight excluding hydrogens is 198 g/mol. The van der Waals surface area contributed by atoms with Gasteiger partial charge in [-0.1, -0.05) is 6.58 Å². The van der Waals surface area contributed by atoms with E-state index in [1.807, 2.05) is 0 Å².